The SMILES string of the molecule is O=C(CNCC(F)(F)F)Nc1c(Cl)cc(Cl)cc1C(=O)O. The van der Waals surface area contributed by atoms with E-state index >= 15 is 0 Å². The van der Waals surface area contributed by atoms with Crippen LogP contribution in [0.2, 0.25) is 10.0 Å². The number of carbonyl (C=O) groups excluding carboxylic acids is 1. The zero-order chi connectivity index (χ0) is 16.2. The molecule has 116 valence electrons. The number of nitrogens with one attached hydrogen (secondary N) is 2. The number of alkyl halides is 3. The summed E-state index contributed by atoms with van der Waals surface area (Å²) in [6.07, 6.45) is -4.45. The van der Waals surface area contributed by atoms with E-state index in [0.29, 0.717) is 0 Å². The molecule has 0 saturated heterocycles. The van der Waals surface area contributed by atoms with Crippen molar-refractivity contribution in [2.75, 3.05) is 18.4 Å². The summed E-state index contributed by atoms with van der Waals surface area (Å²) < 4.78 is 35.7. The Bertz CT molecular complexity index is 564. The van der Waals surface area contributed by atoms with Crippen molar-refractivity contribution < 1.29 is 27.9 Å². The average molecular weight is 345 g/mol. The van der Waals surface area contributed by atoms with E-state index in [1.54, 1.807) is 0 Å². The second-order valence-corrected chi connectivity index (χ2v) is 4.73. The van der Waals surface area contributed by atoms with Gasteiger partial charge in [0.15, 0.2) is 0 Å². The lowest BCUT2D eigenvalue weighted by Gasteiger charge is -2.12. The number of rotatable bonds is 5. The van der Waals surface area contributed by atoms with Crippen molar-refractivity contribution in [2.24, 2.45) is 0 Å². The summed E-state index contributed by atoms with van der Waals surface area (Å²) in [4.78, 5) is 22.5. The van der Waals surface area contributed by atoms with Crippen LogP contribution in [0.15, 0.2) is 12.1 Å². The van der Waals surface area contributed by atoms with Crippen molar-refractivity contribution in [3.63, 3.8) is 0 Å². The number of aromatic carboxylic acids is 1. The molecule has 0 radical (unpaired) electrons. The summed E-state index contributed by atoms with van der Waals surface area (Å²) in [6.45, 7) is -2.00. The maximum Gasteiger partial charge on any atom is 0.401 e. The Labute approximate surface area is 127 Å². The Kier molecular flexibility index (Phi) is 5.82. The van der Waals surface area contributed by atoms with E-state index in [9.17, 15) is 22.8 Å². The van der Waals surface area contributed by atoms with Gasteiger partial charge in [-0.2, -0.15) is 13.2 Å². The third-order valence-corrected chi connectivity index (χ3v) is 2.68. The molecule has 1 rings (SSSR count). The van der Waals surface area contributed by atoms with Crippen LogP contribution in [0, 0.1) is 0 Å². The quantitative estimate of drug-likeness (QED) is 0.767. The fourth-order valence-electron chi connectivity index (χ4n) is 1.37. The van der Waals surface area contributed by atoms with Gasteiger partial charge < -0.3 is 15.7 Å². The molecule has 0 aliphatic carbocycles. The summed E-state index contributed by atoms with van der Waals surface area (Å²) in [7, 11) is 0. The molecule has 0 aromatic heterocycles. The average Bonchev–Trinajstić information content (AvgIpc) is 2.30. The minimum Gasteiger partial charge on any atom is -0.478 e. The summed E-state index contributed by atoms with van der Waals surface area (Å²) in [5.41, 5.74) is -0.593. The van der Waals surface area contributed by atoms with Gasteiger partial charge in [-0.3, -0.25) is 4.79 Å². The first-order valence-electron chi connectivity index (χ1n) is 5.40. The molecule has 1 aromatic rings. The molecule has 10 heteroatoms. The summed E-state index contributed by atoms with van der Waals surface area (Å²) in [5, 5.41) is 12.9. The van der Waals surface area contributed by atoms with Crippen LogP contribution in [-0.2, 0) is 4.79 Å². The standard InChI is InChI=1S/C11H9Cl2F3N2O3/c12-5-1-6(10(20)21)9(7(13)2-5)18-8(19)3-17-4-11(14,15)16/h1-2,17H,3-4H2,(H,18,19)(H,20,21). The highest BCUT2D eigenvalue weighted by atomic mass is 35.5. The Morgan fingerprint density at radius 3 is 2.38 bits per heavy atom. The number of carboxylic acid groups (broad SMARTS) is 1. The maximum atomic E-state index is 11.9. The number of benzene rings is 1. The second kappa shape index (κ2) is 6.97. The van der Waals surface area contributed by atoms with Crippen LogP contribution in [0.5, 0.6) is 0 Å². The van der Waals surface area contributed by atoms with Crippen molar-refractivity contribution in [2.45, 2.75) is 6.18 Å². The molecule has 0 saturated carbocycles. The van der Waals surface area contributed by atoms with Gasteiger partial charge in [-0.15, -0.1) is 0 Å². The zero-order valence-corrected chi connectivity index (χ0v) is 11.7. The van der Waals surface area contributed by atoms with E-state index < -0.39 is 31.1 Å². The predicted octanol–water partition coefficient (Wildman–Crippen LogP) is 2.78. The lowest BCUT2D eigenvalue weighted by atomic mass is 10.1. The Morgan fingerprint density at radius 2 is 1.86 bits per heavy atom. The first-order chi connectivity index (χ1) is 9.60. The summed E-state index contributed by atoms with van der Waals surface area (Å²) >= 11 is 11.4. The fourth-order valence-corrected chi connectivity index (χ4v) is 1.91. The first kappa shape index (κ1) is 17.5. The van der Waals surface area contributed by atoms with E-state index in [2.05, 4.69) is 5.32 Å². The normalized spacial score (nSPS) is 11.3. The number of hydrogen-bond donors (Lipinski definition) is 3. The lowest BCUT2D eigenvalue weighted by molar-refractivity contribution is -0.126. The van der Waals surface area contributed by atoms with Crippen LogP contribution in [0.25, 0.3) is 0 Å². The van der Waals surface area contributed by atoms with Gasteiger partial charge >= 0.3 is 12.1 Å². The van der Waals surface area contributed by atoms with Gasteiger partial charge in [0.25, 0.3) is 0 Å². The first-order valence-corrected chi connectivity index (χ1v) is 6.15. The molecular formula is C11H9Cl2F3N2O3. The highest BCUT2D eigenvalue weighted by Gasteiger charge is 2.26. The van der Waals surface area contributed by atoms with E-state index in [0.717, 1.165) is 6.07 Å². The van der Waals surface area contributed by atoms with Gasteiger partial charge in [0.1, 0.15) is 0 Å². The van der Waals surface area contributed by atoms with Gasteiger partial charge in [0.2, 0.25) is 5.91 Å². The molecule has 0 heterocycles. The number of amides is 1. The number of carboxylic acids is 1. The molecule has 5 nitrogen and oxygen atoms in total. The van der Waals surface area contributed by atoms with Crippen LogP contribution in [0.4, 0.5) is 18.9 Å². The molecule has 0 fully saturated rings. The van der Waals surface area contributed by atoms with Gasteiger partial charge in [-0.05, 0) is 12.1 Å². The molecule has 0 aliphatic rings. The fraction of sp³-hybridized carbons (Fsp3) is 0.273. The Hall–Kier alpha value is -1.51. The van der Waals surface area contributed by atoms with Crippen molar-refractivity contribution in [1.82, 2.24) is 5.32 Å². The smallest absolute Gasteiger partial charge is 0.401 e. The molecule has 3 N–H and O–H groups in total. The van der Waals surface area contributed by atoms with Crippen LogP contribution < -0.4 is 10.6 Å². The van der Waals surface area contributed by atoms with Gasteiger partial charge in [-0.1, -0.05) is 23.2 Å². The predicted molar refractivity (Wildman–Crippen MR) is 71.0 cm³/mol. The summed E-state index contributed by atoms with van der Waals surface area (Å²) in [5.74, 6) is -2.26. The van der Waals surface area contributed by atoms with Crippen LogP contribution in [0.3, 0.4) is 0 Å². The van der Waals surface area contributed by atoms with Gasteiger partial charge in [0.05, 0.1) is 29.4 Å². The number of hydrogen-bond acceptors (Lipinski definition) is 3. The lowest BCUT2D eigenvalue weighted by Crippen LogP contribution is -2.35. The third-order valence-electron chi connectivity index (χ3n) is 2.16. The van der Waals surface area contributed by atoms with Crippen molar-refractivity contribution in [3.8, 4) is 0 Å². The summed E-state index contributed by atoms with van der Waals surface area (Å²) in [6, 6.07) is 2.27. The number of halogens is 5. The van der Waals surface area contributed by atoms with Gasteiger partial charge in [-0.25, -0.2) is 4.79 Å². The number of carbonyl (C=O) groups is 2. The molecular weight excluding hydrogens is 336 g/mol. The Balaban J connectivity index is 2.79. The van der Waals surface area contributed by atoms with Crippen molar-refractivity contribution >= 4 is 40.8 Å². The van der Waals surface area contributed by atoms with Crippen molar-refractivity contribution in [3.05, 3.63) is 27.7 Å². The Morgan fingerprint density at radius 1 is 1.24 bits per heavy atom. The molecule has 0 spiro atoms. The molecule has 1 aromatic carbocycles. The van der Waals surface area contributed by atoms with Crippen LogP contribution in [0.1, 0.15) is 10.4 Å². The van der Waals surface area contributed by atoms with Crippen LogP contribution >= 0.6 is 23.2 Å². The minimum atomic E-state index is -4.45. The molecule has 0 atom stereocenters. The van der Waals surface area contributed by atoms with Crippen molar-refractivity contribution in [1.29, 1.82) is 0 Å². The molecule has 1 amide bonds. The second-order valence-electron chi connectivity index (χ2n) is 3.88. The maximum absolute atomic E-state index is 11.9. The topological polar surface area (TPSA) is 78.4 Å². The molecule has 0 unspecified atom stereocenters. The zero-order valence-electron chi connectivity index (χ0n) is 10.2. The molecule has 0 bridgehead atoms. The highest BCUT2D eigenvalue weighted by Crippen LogP contribution is 2.30. The number of anilines is 1. The van der Waals surface area contributed by atoms with E-state index in [1.807, 2.05) is 5.32 Å². The monoisotopic (exact) mass is 344 g/mol. The van der Waals surface area contributed by atoms with E-state index in [1.165, 1.54) is 6.07 Å². The molecule has 21 heavy (non-hydrogen) atoms. The van der Waals surface area contributed by atoms with Gasteiger partial charge in [0, 0.05) is 5.02 Å². The minimum absolute atomic E-state index is 0.0468. The van der Waals surface area contributed by atoms with E-state index in [4.69, 9.17) is 28.3 Å². The van der Waals surface area contributed by atoms with E-state index in [-0.39, 0.29) is 21.3 Å². The van der Waals surface area contributed by atoms with Crippen LogP contribution in [-0.4, -0.2) is 36.2 Å². The largest absolute Gasteiger partial charge is 0.478 e. The third kappa shape index (κ3) is 5.78. The molecule has 0 aliphatic heterocycles. The highest BCUT2D eigenvalue weighted by molar-refractivity contribution is 6.37.